The van der Waals surface area contributed by atoms with E-state index in [9.17, 15) is 4.79 Å². The van der Waals surface area contributed by atoms with Crippen LogP contribution in [0, 0.1) is 0 Å². The van der Waals surface area contributed by atoms with E-state index < -0.39 is 0 Å². The lowest BCUT2D eigenvalue weighted by Crippen LogP contribution is -2.42. The molecule has 0 radical (unpaired) electrons. The molecule has 0 aliphatic carbocycles. The minimum absolute atomic E-state index is 0.0631. The molecule has 1 fully saturated rings. The molecule has 3 aromatic rings. The Morgan fingerprint density at radius 3 is 2.67 bits per heavy atom. The van der Waals surface area contributed by atoms with Gasteiger partial charge in [-0.15, -0.1) is 0 Å². The molecule has 0 spiro atoms. The van der Waals surface area contributed by atoms with Gasteiger partial charge in [0.25, 0.3) is 0 Å². The highest BCUT2D eigenvalue weighted by atomic mass is 32.1. The van der Waals surface area contributed by atoms with Crippen molar-refractivity contribution in [2.75, 3.05) is 30.9 Å². The Kier molecular flexibility index (Phi) is 7.32. The van der Waals surface area contributed by atoms with Crippen molar-refractivity contribution in [3.05, 3.63) is 89.8 Å². The zero-order valence-electron chi connectivity index (χ0n) is 23.1. The van der Waals surface area contributed by atoms with Crippen LogP contribution in [0.25, 0.3) is 5.57 Å². The Morgan fingerprint density at radius 2 is 1.92 bits per heavy atom. The van der Waals surface area contributed by atoms with Crippen LogP contribution in [0.5, 0.6) is 5.75 Å². The molecule has 39 heavy (non-hydrogen) atoms. The number of likely N-dealkylation sites (N-methyl/N-ethyl adjacent to an activating group) is 1. The standard InChI is InChI=1S/C31H35N5O2S/c1-20-19-31(2,3)35(4)25-14-13-21(18-22(20)25)29-28(24-11-8-9-16-32-24)34-30(39)36(29)17-15-27(37)33-23-10-6-7-12-26(23)38-5/h6-14,16,18-19,28-29H,15,17H2,1-5H3,(H,33,37)(H,34,39)/t28-,29+/m0/s1. The zero-order valence-corrected chi connectivity index (χ0v) is 23.9. The third-order valence-corrected chi connectivity index (χ3v) is 8.09. The summed E-state index contributed by atoms with van der Waals surface area (Å²) in [6, 6.07) is 19.7. The van der Waals surface area contributed by atoms with Gasteiger partial charge in [0, 0.05) is 37.5 Å². The number of anilines is 2. The number of carbonyl (C=O) groups is 1. The van der Waals surface area contributed by atoms with Crippen LogP contribution >= 0.6 is 12.2 Å². The van der Waals surface area contributed by atoms with Crippen molar-refractivity contribution in [2.24, 2.45) is 0 Å². The molecule has 0 saturated carbocycles. The fourth-order valence-corrected chi connectivity index (χ4v) is 5.89. The molecule has 2 aliphatic rings. The van der Waals surface area contributed by atoms with Crippen LogP contribution in [0.15, 0.2) is 72.9 Å². The number of hydrogen-bond acceptors (Lipinski definition) is 5. The fraction of sp³-hybridized carbons (Fsp3) is 0.323. The van der Waals surface area contributed by atoms with Crippen molar-refractivity contribution in [1.82, 2.24) is 15.2 Å². The minimum atomic E-state index is -0.143. The van der Waals surface area contributed by atoms with Crippen LogP contribution in [-0.4, -0.2) is 47.1 Å². The second-order valence-corrected chi connectivity index (χ2v) is 11.0. The SMILES string of the molecule is COc1ccccc1NC(=O)CCN1C(=S)N[C@@H](c2ccccn2)[C@H]1c1ccc2c(c1)C(C)=CC(C)(C)N2C. The largest absolute Gasteiger partial charge is 0.495 e. The van der Waals surface area contributed by atoms with Gasteiger partial charge in [0.2, 0.25) is 5.91 Å². The number of thiocarbonyl (C=S) groups is 1. The van der Waals surface area contributed by atoms with E-state index in [0.29, 0.717) is 23.1 Å². The van der Waals surface area contributed by atoms with Gasteiger partial charge in [0.15, 0.2) is 5.11 Å². The molecule has 3 heterocycles. The van der Waals surface area contributed by atoms with Crippen molar-refractivity contribution in [1.29, 1.82) is 0 Å². The summed E-state index contributed by atoms with van der Waals surface area (Å²) in [6.45, 7) is 7.08. The summed E-state index contributed by atoms with van der Waals surface area (Å²) in [5, 5.41) is 7.08. The first-order valence-corrected chi connectivity index (χ1v) is 13.6. The summed E-state index contributed by atoms with van der Waals surface area (Å²) < 4.78 is 5.38. The number of benzene rings is 2. The molecule has 2 atom stereocenters. The highest BCUT2D eigenvalue weighted by Crippen LogP contribution is 2.43. The Bertz CT molecular complexity index is 1420. The van der Waals surface area contributed by atoms with Crippen LogP contribution in [0.2, 0.25) is 0 Å². The maximum Gasteiger partial charge on any atom is 0.226 e. The lowest BCUT2D eigenvalue weighted by Gasteiger charge is -2.41. The molecule has 2 N–H and O–H groups in total. The first kappa shape index (κ1) is 26.7. The third kappa shape index (κ3) is 5.21. The highest BCUT2D eigenvalue weighted by Gasteiger charge is 2.40. The number of methoxy groups -OCH3 is 1. The molecule has 7 nitrogen and oxygen atoms in total. The number of para-hydroxylation sites is 2. The number of pyridine rings is 1. The molecule has 1 amide bonds. The summed E-state index contributed by atoms with van der Waals surface area (Å²) in [5.41, 5.74) is 6.29. The van der Waals surface area contributed by atoms with Gasteiger partial charge in [0.1, 0.15) is 5.75 Å². The molecular weight excluding hydrogens is 506 g/mol. The van der Waals surface area contributed by atoms with Crippen LogP contribution < -0.4 is 20.3 Å². The van der Waals surface area contributed by atoms with E-state index in [1.807, 2.05) is 42.5 Å². The molecular formula is C31H35N5O2S. The average Bonchev–Trinajstić information content (AvgIpc) is 3.27. The number of aromatic nitrogens is 1. The quantitative estimate of drug-likeness (QED) is 0.371. The van der Waals surface area contributed by atoms with Gasteiger partial charge in [-0.2, -0.15) is 0 Å². The van der Waals surface area contributed by atoms with Crippen LogP contribution in [0.3, 0.4) is 0 Å². The number of hydrogen-bond donors (Lipinski definition) is 2. The first-order valence-electron chi connectivity index (χ1n) is 13.2. The number of fused-ring (bicyclic) bond motifs is 1. The second kappa shape index (κ2) is 10.7. The van der Waals surface area contributed by atoms with Crippen molar-refractivity contribution in [3.8, 4) is 5.75 Å². The smallest absolute Gasteiger partial charge is 0.226 e. The minimum Gasteiger partial charge on any atom is -0.495 e. The number of amides is 1. The van der Waals surface area contributed by atoms with Crippen LogP contribution in [-0.2, 0) is 4.79 Å². The van der Waals surface area contributed by atoms with Gasteiger partial charge in [-0.1, -0.05) is 30.3 Å². The van der Waals surface area contributed by atoms with E-state index in [1.54, 1.807) is 13.3 Å². The summed E-state index contributed by atoms with van der Waals surface area (Å²) in [7, 11) is 3.73. The van der Waals surface area contributed by atoms with E-state index in [0.717, 1.165) is 11.3 Å². The molecule has 5 rings (SSSR count). The Hall–Kier alpha value is -3.91. The molecule has 202 valence electrons. The van der Waals surface area contributed by atoms with Gasteiger partial charge in [-0.25, -0.2) is 0 Å². The highest BCUT2D eigenvalue weighted by molar-refractivity contribution is 7.80. The molecule has 2 aliphatic heterocycles. The Morgan fingerprint density at radius 1 is 1.15 bits per heavy atom. The molecule has 2 aromatic carbocycles. The zero-order chi connectivity index (χ0) is 27.7. The Balaban J connectivity index is 1.45. The summed E-state index contributed by atoms with van der Waals surface area (Å²) in [4.78, 5) is 22.1. The van der Waals surface area contributed by atoms with Crippen molar-refractivity contribution in [2.45, 2.75) is 44.8 Å². The van der Waals surface area contributed by atoms with Gasteiger partial charge >= 0.3 is 0 Å². The maximum absolute atomic E-state index is 13.0. The predicted octanol–water partition coefficient (Wildman–Crippen LogP) is 5.72. The third-order valence-electron chi connectivity index (χ3n) is 7.74. The lowest BCUT2D eigenvalue weighted by molar-refractivity contribution is -0.116. The van der Waals surface area contributed by atoms with Crippen molar-refractivity contribution in [3.63, 3.8) is 0 Å². The second-order valence-electron chi connectivity index (χ2n) is 10.6. The molecule has 8 heteroatoms. The molecule has 0 unspecified atom stereocenters. The number of allylic oxidation sites excluding steroid dienone is 1. The van der Waals surface area contributed by atoms with Gasteiger partial charge < -0.3 is 25.2 Å². The van der Waals surface area contributed by atoms with E-state index in [1.165, 1.54) is 16.8 Å². The molecule has 0 bridgehead atoms. The lowest BCUT2D eigenvalue weighted by atomic mass is 9.86. The van der Waals surface area contributed by atoms with Crippen molar-refractivity contribution >= 4 is 40.2 Å². The van der Waals surface area contributed by atoms with Gasteiger partial charge in [-0.3, -0.25) is 9.78 Å². The number of nitrogens with zero attached hydrogens (tertiary/aromatic N) is 3. The topological polar surface area (TPSA) is 69.7 Å². The van der Waals surface area contributed by atoms with E-state index in [2.05, 4.69) is 77.5 Å². The number of nitrogens with one attached hydrogen (secondary N) is 2. The molecule has 1 saturated heterocycles. The van der Waals surface area contributed by atoms with E-state index >= 15 is 0 Å². The molecule has 1 aromatic heterocycles. The summed E-state index contributed by atoms with van der Waals surface area (Å²) in [5.74, 6) is 0.526. The number of rotatable bonds is 7. The average molecular weight is 542 g/mol. The van der Waals surface area contributed by atoms with Gasteiger partial charge in [0.05, 0.1) is 36.1 Å². The monoisotopic (exact) mass is 541 g/mol. The van der Waals surface area contributed by atoms with E-state index in [-0.39, 0.29) is 30.0 Å². The summed E-state index contributed by atoms with van der Waals surface area (Å²) >= 11 is 5.82. The van der Waals surface area contributed by atoms with Crippen LogP contribution in [0.4, 0.5) is 11.4 Å². The first-order chi connectivity index (χ1) is 18.7. The van der Waals surface area contributed by atoms with E-state index in [4.69, 9.17) is 17.0 Å². The maximum atomic E-state index is 13.0. The Labute approximate surface area is 235 Å². The van der Waals surface area contributed by atoms with Gasteiger partial charge in [-0.05, 0) is 80.5 Å². The normalized spacial score (nSPS) is 19.7. The van der Waals surface area contributed by atoms with Crippen LogP contribution in [0.1, 0.15) is 56.1 Å². The fourth-order valence-electron chi connectivity index (χ4n) is 5.55. The van der Waals surface area contributed by atoms with Crippen molar-refractivity contribution < 1.29 is 9.53 Å². The predicted molar refractivity (Wildman–Crippen MR) is 161 cm³/mol. The number of ether oxygens (including phenoxy) is 1. The number of carbonyl (C=O) groups excluding carboxylic acids is 1. The summed E-state index contributed by atoms with van der Waals surface area (Å²) in [6.07, 6.45) is 4.39.